The summed E-state index contributed by atoms with van der Waals surface area (Å²) in [6.45, 7) is 6.35. The van der Waals surface area contributed by atoms with Crippen LogP contribution in [-0.2, 0) is 5.41 Å². The summed E-state index contributed by atoms with van der Waals surface area (Å²) in [4.78, 5) is 0. The quantitative estimate of drug-likeness (QED) is 0.575. The fourth-order valence-electron chi connectivity index (χ4n) is 5.28. The number of allylic oxidation sites excluding steroid dienone is 9. The normalized spacial score (nSPS) is 19.3. The van der Waals surface area contributed by atoms with Crippen molar-refractivity contribution in [2.24, 2.45) is 0 Å². The molecule has 26 heavy (non-hydrogen) atoms. The molecule has 126 valence electrons. The van der Waals surface area contributed by atoms with Gasteiger partial charge in [0, 0.05) is 0 Å². The van der Waals surface area contributed by atoms with Crippen LogP contribution in [0.15, 0.2) is 108 Å². The lowest BCUT2D eigenvalue weighted by atomic mass is 9.67. The van der Waals surface area contributed by atoms with Gasteiger partial charge in [0.2, 0.25) is 0 Å². The summed E-state index contributed by atoms with van der Waals surface area (Å²) in [5.74, 6) is 0. The van der Waals surface area contributed by atoms with E-state index in [4.69, 9.17) is 0 Å². The van der Waals surface area contributed by atoms with Crippen molar-refractivity contribution in [1.29, 1.82) is 0 Å². The Hall–Kier alpha value is -2.86. The molecule has 2 aromatic rings. The largest absolute Gasteiger partial charge is 0.0987 e. The van der Waals surface area contributed by atoms with Gasteiger partial charge < -0.3 is 0 Å². The summed E-state index contributed by atoms with van der Waals surface area (Å²) in [7, 11) is 0. The van der Waals surface area contributed by atoms with Crippen LogP contribution in [0.4, 0.5) is 0 Å². The van der Waals surface area contributed by atoms with Crippen LogP contribution < -0.4 is 0 Å². The van der Waals surface area contributed by atoms with E-state index < -0.39 is 0 Å². The second-order valence-electron chi connectivity index (χ2n) is 7.21. The van der Waals surface area contributed by atoms with Gasteiger partial charge in [-0.3, -0.25) is 0 Å². The monoisotopic (exact) mass is 334 g/mol. The molecule has 1 spiro atoms. The van der Waals surface area contributed by atoms with Gasteiger partial charge in [0.05, 0.1) is 5.41 Å². The molecule has 0 N–H and O–H groups in total. The fraction of sp³-hybridized carbons (Fsp3) is 0.154. The number of benzene rings is 2. The molecule has 0 saturated heterocycles. The van der Waals surface area contributed by atoms with Gasteiger partial charge in [-0.05, 0) is 64.3 Å². The van der Waals surface area contributed by atoms with E-state index in [1.54, 1.807) is 5.57 Å². The molecule has 0 amide bonds. The van der Waals surface area contributed by atoms with Gasteiger partial charge in [0.15, 0.2) is 0 Å². The number of rotatable bonds is 2. The number of fused-ring (bicyclic) bond motifs is 6. The van der Waals surface area contributed by atoms with Crippen LogP contribution in [0.3, 0.4) is 0 Å². The molecule has 0 aliphatic heterocycles. The maximum atomic E-state index is 4.26. The van der Waals surface area contributed by atoms with Gasteiger partial charge in [0.25, 0.3) is 0 Å². The van der Waals surface area contributed by atoms with Crippen LogP contribution in [-0.4, -0.2) is 0 Å². The predicted octanol–water partition coefficient (Wildman–Crippen LogP) is 6.67. The molecule has 0 saturated carbocycles. The van der Waals surface area contributed by atoms with E-state index in [9.17, 15) is 0 Å². The van der Waals surface area contributed by atoms with Crippen LogP contribution in [0.25, 0.3) is 11.1 Å². The molecule has 2 aromatic carbocycles. The van der Waals surface area contributed by atoms with E-state index in [1.807, 2.05) is 0 Å². The average molecular weight is 334 g/mol. The zero-order valence-corrected chi connectivity index (χ0v) is 15.1. The lowest BCUT2D eigenvalue weighted by Gasteiger charge is -2.34. The molecule has 0 heterocycles. The Balaban J connectivity index is 1.98. The van der Waals surface area contributed by atoms with E-state index in [0.29, 0.717) is 0 Å². The number of hydrogen-bond acceptors (Lipinski definition) is 0. The second kappa shape index (κ2) is 5.57. The highest BCUT2D eigenvalue weighted by atomic mass is 14.5. The maximum Gasteiger partial charge on any atom is 0.0688 e. The highest BCUT2D eigenvalue weighted by molar-refractivity contribution is 5.90. The SMILES string of the molecule is C=CC1=C(/C=C\C)C2=C(CCC=C2)C12c1ccccc1-c1ccccc12. The van der Waals surface area contributed by atoms with Crippen LogP contribution in [0.5, 0.6) is 0 Å². The highest BCUT2D eigenvalue weighted by Gasteiger charge is 2.52. The predicted molar refractivity (Wildman–Crippen MR) is 110 cm³/mol. The van der Waals surface area contributed by atoms with Crippen molar-refractivity contribution in [2.75, 3.05) is 0 Å². The lowest BCUT2D eigenvalue weighted by molar-refractivity contribution is 0.704. The van der Waals surface area contributed by atoms with Crippen LogP contribution in [0.2, 0.25) is 0 Å². The van der Waals surface area contributed by atoms with Gasteiger partial charge in [-0.1, -0.05) is 85.5 Å². The molecular weight excluding hydrogens is 312 g/mol. The first-order valence-corrected chi connectivity index (χ1v) is 9.43. The van der Waals surface area contributed by atoms with Crippen molar-refractivity contribution < 1.29 is 0 Å². The summed E-state index contributed by atoms with van der Waals surface area (Å²) >= 11 is 0. The first-order valence-electron chi connectivity index (χ1n) is 9.43. The molecule has 3 aliphatic carbocycles. The van der Waals surface area contributed by atoms with Gasteiger partial charge in [-0.2, -0.15) is 0 Å². The molecule has 0 heteroatoms. The van der Waals surface area contributed by atoms with Crippen LogP contribution >= 0.6 is 0 Å². The standard InChI is InChI=1S/C26H22/c1-3-11-18-19-12-5-8-15-23(19)26(22(18)4-2)24-16-9-6-13-20(24)21-14-7-10-17-25(21)26/h3-7,9-14,16-17H,2,8,15H2,1H3/b11-3-. The Kier molecular flexibility index (Phi) is 3.30. The first-order chi connectivity index (χ1) is 12.8. The van der Waals surface area contributed by atoms with E-state index in [1.165, 1.54) is 39.0 Å². The topological polar surface area (TPSA) is 0 Å². The minimum atomic E-state index is -0.177. The Morgan fingerprint density at radius 2 is 1.62 bits per heavy atom. The van der Waals surface area contributed by atoms with Gasteiger partial charge in [-0.15, -0.1) is 0 Å². The van der Waals surface area contributed by atoms with Gasteiger partial charge in [0.1, 0.15) is 0 Å². The molecule has 0 nitrogen and oxygen atoms in total. The Bertz CT molecular complexity index is 1010. The van der Waals surface area contributed by atoms with Crippen LogP contribution in [0, 0.1) is 0 Å². The fourth-order valence-corrected chi connectivity index (χ4v) is 5.28. The molecule has 0 atom stereocenters. The minimum absolute atomic E-state index is 0.177. The minimum Gasteiger partial charge on any atom is -0.0987 e. The smallest absolute Gasteiger partial charge is 0.0688 e. The van der Waals surface area contributed by atoms with Crippen molar-refractivity contribution in [1.82, 2.24) is 0 Å². The van der Waals surface area contributed by atoms with E-state index in [0.717, 1.165) is 12.8 Å². The molecule has 0 aromatic heterocycles. The van der Waals surface area contributed by atoms with E-state index >= 15 is 0 Å². The van der Waals surface area contributed by atoms with Gasteiger partial charge >= 0.3 is 0 Å². The third-order valence-electron chi connectivity index (χ3n) is 6.10. The molecule has 0 fully saturated rings. The highest BCUT2D eigenvalue weighted by Crippen LogP contribution is 2.63. The molecule has 0 radical (unpaired) electrons. The van der Waals surface area contributed by atoms with Crippen molar-refractivity contribution in [3.63, 3.8) is 0 Å². The first kappa shape index (κ1) is 15.4. The zero-order chi connectivity index (χ0) is 17.7. The summed E-state index contributed by atoms with van der Waals surface area (Å²) in [6.07, 6.45) is 13.4. The van der Waals surface area contributed by atoms with Crippen molar-refractivity contribution in [2.45, 2.75) is 25.2 Å². The molecule has 0 unspecified atom stereocenters. The lowest BCUT2D eigenvalue weighted by Crippen LogP contribution is -2.28. The van der Waals surface area contributed by atoms with E-state index in [-0.39, 0.29) is 5.41 Å². The molecule has 3 aliphatic rings. The maximum absolute atomic E-state index is 4.26. The van der Waals surface area contributed by atoms with Crippen molar-refractivity contribution in [3.8, 4) is 11.1 Å². The Labute approximate surface area is 155 Å². The van der Waals surface area contributed by atoms with Gasteiger partial charge in [-0.25, -0.2) is 0 Å². The Morgan fingerprint density at radius 1 is 0.962 bits per heavy atom. The summed E-state index contributed by atoms with van der Waals surface area (Å²) in [5.41, 5.74) is 11.0. The molecule has 0 bridgehead atoms. The number of hydrogen-bond donors (Lipinski definition) is 0. The Morgan fingerprint density at radius 3 is 2.23 bits per heavy atom. The van der Waals surface area contributed by atoms with Crippen LogP contribution in [0.1, 0.15) is 30.9 Å². The summed E-state index contributed by atoms with van der Waals surface area (Å²) in [5, 5.41) is 0. The second-order valence-corrected chi connectivity index (χ2v) is 7.21. The zero-order valence-electron chi connectivity index (χ0n) is 15.1. The third-order valence-corrected chi connectivity index (χ3v) is 6.10. The van der Waals surface area contributed by atoms with Crippen molar-refractivity contribution >= 4 is 0 Å². The molecule has 5 rings (SSSR count). The third kappa shape index (κ3) is 1.69. The summed E-state index contributed by atoms with van der Waals surface area (Å²) in [6, 6.07) is 17.9. The van der Waals surface area contributed by atoms with E-state index in [2.05, 4.69) is 92.4 Å². The van der Waals surface area contributed by atoms with Crippen molar-refractivity contribution in [3.05, 3.63) is 119 Å². The summed E-state index contributed by atoms with van der Waals surface area (Å²) < 4.78 is 0. The molecular formula is C26H22. The average Bonchev–Trinajstić information content (AvgIpc) is 3.15.